The van der Waals surface area contributed by atoms with Crippen LogP contribution in [0.2, 0.25) is 0 Å². The lowest BCUT2D eigenvalue weighted by molar-refractivity contribution is -0.174. The number of halogens is 3. The van der Waals surface area contributed by atoms with Crippen molar-refractivity contribution in [3.05, 3.63) is 0 Å². The van der Waals surface area contributed by atoms with Crippen LogP contribution < -0.4 is 0 Å². The lowest BCUT2D eigenvalue weighted by Crippen LogP contribution is -2.30. The number of alkyl halides is 3. The van der Waals surface area contributed by atoms with E-state index in [9.17, 15) is 22.8 Å². The topological polar surface area (TPSA) is 34.1 Å². The van der Waals surface area contributed by atoms with E-state index in [0.29, 0.717) is 0 Å². The number of hydrogen-bond donors (Lipinski definition) is 0. The van der Waals surface area contributed by atoms with Gasteiger partial charge in [-0.25, -0.2) is 0 Å². The molecule has 0 aliphatic heterocycles. The predicted molar refractivity (Wildman–Crippen MR) is 31.0 cm³/mol. The molecule has 0 aliphatic carbocycles. The van der Waals surface area contributed by atoms with E-state index >= 15 is 0 Å². The molecule has 0 bridgehead atoms. The first-order valence-corrected chi connectivity index (χ1v) is 3.04. The highest BCUT2D eigenvalue weighted by molar-refractivity contribution is 6.39. The zero-order valence-corrected chi connectivity index (χ0v) is 5.86. The van der Waals surface area contributed by atoms with Gasteiger partial charge in [0.25, 0.3) is 0 Å². The molecule has 0 atom stereocenters. The van der Waals surface area contributed by atoms with Crippen LogP contribution in [0, 0.1) is 0 Å². The largest absolute Gasteiger partial charge is 0.458 e. The van der Waals surface area contributed by atoms with Crippen molar-refractivity contribution in [1.82, 2.24) is 0 Å². The van der Waals surface area contributed by atoms with E-state index in [4.69, 9.17) is 0 Å². The Bertz CT molecular complexity index is 171. The number of carbonyl (C=O) groups excluding carboxylic acids is 2. The number of ketones is 2. The molecule has 0 amide bonds. The third-order valence-electron chi connectivity index (χ3n) is 0.988. The van der Waals surface area contributed by atoms with Gasteiger partial charge in [-0.2, -0.15) is 13.2 Å². The monoisotopic (exact) mass is 168 g/mol. The Kier molecular flexibility index (Phi) is 3.22. The molecule has 0 aliphatic rings. The minimum Gasteiger partial charge on any atom is -0.291 e. The van der Waals surface area contributed by atoms with Crippen LogP contribution in [0.5, 0.6) is 0 Å². The van der Waals surface area contributed by atoms with Crippen molar-refractivity contribution in [2.24, 2.45) is 0 Å². The molecule has 0 heterocycles. The second-order valence-corrected chi connectivity index (χ2v) is 2.00. The molecule has 5 heteroatoms. The van der Waals surface area contributed by atoms with Crippen LogP contribution in [0.4, 0.5) is 13.2 Å². The van der Waals surface area contributed by atoms with E-state index in [1.165, 1.54) is 6.92 Å². The highest BCUT2D eigenvalue weighted by atomic mass is 19.4. The van der Waals surface area contributed by atoms with Gasteiger partial charge in [-0.15, -0.1) is 0 Å². The standard InChI is InChI=1S/C6H7F3O2/c1-2-3-4(10)5(11)6(7,8)9/h2-3H2,1H3. The van der Waals surface area contributed by atoms with Crippen molar-refractivity contribution >= 4 is 11.6 Å². The lowest BCUT2D eigenvalue weighted by Gasteiger charge is -2.01. The molecular formula is C6H7F3O2. The molecule has 0 radical (unpaired) electrons. The van der Waals surface area contributed by atoms with Crippen molar-refractivity contribution in [1.29, 1.82) is 0 Å². The van der Waals surface area contributed by atoms with Gasteiger partial charge in [-0.05, 0) is 6.42 Å². The Morgan fingerprint density at radius 1 is 1.27 bits per heavy atom. The maximum absolute atomic E-state index is 11.5. The summed E-state index contributed by atoms with van der Waals surface area (Å²) in [6.07, 6.45) is -5.09. The van der Waals surface area contributed by atoms with E-state index in [1.54, 1.807) is 0 Å². The van der Waals surface area contributed by atoms with Crippen LogP contribution in [-0.2, 0) is 9.59 Å². The number of hydrogen-bond acceptors (Lipinski definition) is 2. The summed E-state index contributed by atoms with van der Waals surface area (Å²) in [5.74, 6) is -3.61. The van der Waals surface area contributed by atoms with E-state index in [2.05, 4.69) is 0 Å². The second-order valence-electron chi connectivity index (χ2n) is 2.00. The first-order chi connectivity index (χ1) is 4.89. The molecule has 0 aromatic carbocycles. The summed E-state index contributed by atoms with van der Waals surface area (Å²) in [6.45, 7) is 1.53. The van der Waals surface area contributed by atoms with Gasteiger partial charge in [0.1, 0.15) is 0 Å². The normalized spacial score (nSPS) is 11.3. The lowest BCUT2D eigenvalue weighted by atomic mass is 10.1. The van der Waals surface area contributed by atoms with E-state index in [1.807, 2.05) is 0 Å². The molecule has 0 rings (SSSR count). The van der Waals surface area contributed by atoms with Gasteiger partial charge < -0.3 is 0 Å². The summed E-state index contributed by atoms with van der Waals surface area (Å²) in [6, 6.07) is 0. The van der Waals surface area contributed by atoms with Gasteiger partial charge in [0, 0.05) is 6.42 Å². The average molecular weight is 168 g/mol. The highest BCUT2D eigenvalue weighted by Crippen LogP contribution is 2.17. The Hall–Kier alpha value is -0.870. The summed E-state index contributed by atoms with van der Waals surface area (Å²) in [5, 5.41) is 0. The van der Waals surface area contributed by atoms with E-state index in [-0.39, 0.29) is 12.8 Å². The van der Waals surface area contributed by atoms with Crippen molar-refractivity contribution in [2.45, 2.75) is 25.9 Å². The fourth-order valence-corrected chi connectivity index (χ4v) is 0.499. The predicted octanol–water partition coefficient (Wildman–Crippen LogP) is 1.49. The SMILES string of the molecule is CCCC(=O)C(=O)C(F)(F)F. The summed E-state index contributed by atoms with van der Waals surface area (Å²) in [4.78, 5) is 20.4. The quantitative estimate of drug-likeness (QED) is 0.598. The molecule has 2 nitrogen and oxygen atoms in total. The van der Waals surface area contributed by atoms with Gasteiger partial charge in [0.05, 0.1) is 0 Å². The van der Waals surface area contributed by atoms with E-state index in [0.717, 1.165) is 0 Å². The van der Waals surface area contributed by atoms with Crippen molar-refractivity contribution < 1.29 is 22.8 Å². The molecule has 0 aromatic heterocycles. The Morgan fingerprint density at radius 3 is 2.00 bits per heavy atom. The molecule has 0 aromatic rings. The van der Waals surface area contributed by atoms with Gasteiger partial charge in [-0.3, -0.25) is 9.59 Å². The van der Waals surface area contributed by atoms with Crippen molar-refractivity contribution in [2.75, 3.05) is 0 Å². The van der Waals surface area contributed by atoms with Gasteiger partial charge >= 0.3 is 12.0 Å². The minimum atomic E-state index is -5.01. The summed E-state index contributed by atoms with van der Waals surface area (Å²) < 4.78 is 34.4. The molecule has 0 N–H and O–H groups in total. The number of carbonyl (C=O) groups is 2. The van der Waals surface area contributed by atoms with Gasteiger partial charge in [0.2, 0.25) is 5.78 Å². The number of Topliss-reactive ketones (excluding diaryl/α,β-unsaturated/α-hetero) is 2. The molecule has 0 saturated carbocycles. The Labute approximate surface area is 61.4 Å². The summed E-state index contributed by atoms with van der Waals surface area (Å²) in [5.41, 5.74) is 0. The molecule has 64 valence electrons. The van der Waals surface area contributed by atoms with Crippen LogP contribution in [0.3, 0.4) is 0 Å². The van der Waals surface area contributed by atoms with Gasteiger partial charge in [-0.1, -0.05) is 6.92 Å². The Morgan fingerprint density at radius 2 is 1.73 bits per heavy atom. The zero-order chi connectivity index (χ0) is 9.07. The van der Waals surface area contributed by atoms with Crippen LogP contribution in [0.25, 0.3) is 0 Å². The molecule has 0 fully saturated rings. The first-order valence-electron chi connectivity index (χ1n) is 3.04. The summed E-state index contributed by atoms with van der Waals surface area (Å²) >= 11 is 0. The Balaban J connectivity index is 4.15. The zero-order valence-electron chi connectivity index (χ0n) is 5.86. The van der Waals surface area contributed by atoms with Crippen molar-refractivity contribution in [3.63, 3.8) is 0 Å². The van der Waals surface area contributed by atoms with Crippen LogP contribution in [0.1, 0.15) is 19.8 Å². The average Bonchev–Trinajstić information content (AvgIpc) is 1.85. The molecule has 0 unspecified atom stereocenters. The van der Waals surface area contributed by atoms with Crippen LogP contribution >= 0.6 is 0 Å². The fourth-order valence-electron chi connectivity index (χ4n) is 0.499. The second kappa shape index (κ2) is 3.50. The molecule has 11 heavy (non-hydrogen) atoms. The minimum absolute atomic E-state index is 0.251. The van der Waals surface area contributed by atoms with Gasteiger partial charge in [0.15, 0.2) is 0 Å². The smallest absolute Gasteiger partial charge is 0.291 e. The number of rotatable bonds is 3. The van der Waals surface area contributed by atoms with Crippen LogP contribution in [-0.4, -0.2) is 17.7 Å². The van der Waals surface area contributed by atoms with Crippen molar-refractivity contribution in [3.8, 4) is 0 Å². The maximum atomic E-state index is 11.5. The summed E-state index contributed by atoms with van der Waals surface area (Å²) in [7, 11) is 0. The molecule has 0 saturated heterocycles. The molecular weight excluding hydrogens is 161 g/mol. The first kappa shape index (κ1) is 10.1. The fraction of sp³-hybridized carbons (Fsp3) is 0.667. The highest BCUT2D eigenvalue weighted by Gasteiger charge is 2.42. The maximum Gasteiger partial charge on any atom is 0.458 e. The van der Waals surface area contributed by atoms with Crippen LogP contribution in [0.15, 0.2) is 0 Å². The van der Waals surface area contributed by atoms with E-state index < -0.39 is 17.7 Å². The third-order valence-corrected chi connectivity index (χ3v) is 0.988. The molecule has 0 spiro atoms. The third kappa shape index (κ3) is 3.15.